The zero-order valence-corrected chi connectivity index (χ0v) is 12.8. The molecule has 1 rings (SSSR count). The van der Waals surface area contributed by atoms with Crippen molar-refractivity contribution in [2.45, 2.75) is 39.2 Å². The van der Waals surface area contributed by atoms with Crippen molar-refractivity contribution in [3.8, 4) is 0 Å². The third-order valence-electron chi connectivity index (χ3n) is 2.96. The molecule has 0 radical (unpaired) electrons. The Labute approximate surface area is 118 Å². The molecule has 0 aliphatic carbocycles. The summed E-state index contributed by atoms with van der Waals surface area (Å²) in [7, 11) is 1.75. The molecule has 0 amide bonds. The summed E-state index contributed by atoms with van der Waals surface area (Å²) in [5.41, 5.74) is 0.695. The van der Waals surface area contributed by atoms with Crippen LogP contribution in [0.3, 0.4) is 0 Å². The number of nitrogens with one attached hydrogen (secondary N) is 1. The lowest BCUT2D eigenvalue weighted by atomic mass is 10.2. The largest absolute Gasteiger partial charge is 0.361 e. The van der Waals surface area contributed by atoms with Crippen molar-refractivity contribution < 1.29 is 4.92 Å². The summed E-state index contributed by atoms with van der Waals surface area (Å²) in [6, 6.07) is 0.221. The minimum absolute atomic E-state index is 0.129. The second-order valence-corrected chi connectivity index (χ2v) is 5.39. The Morgan fingerprint density at radius 2 is 2.21 bits per heavy atom. The summed E-state index contributed by atoms with van der Waals surface area (Å²) in [6.45, 7) is 4.07. The van der Waals surface area contributed by atoms with Gasteiger partial charge >= 0.3 is 5.69 Å². The highest BCUT2D eigenvalue weighted by atomic mass is 32.2. The van der Waals surface area contributed by atoms with E-state index in [2.05, 4.69) is 17.3 Å². The highest BCUT2D eigenvalue weighted by Crippen LogP contribution is 2.30. The lowest BCUT2D eigenvalue weighted by Gasteiger charge is -2.16. The van der Waals surface area contributed by atoms with Crippen molar-refractivity contribution in [1.82, 2.24) is 9.78 Å². The molecule has 1 N–H and O–H groups in total. The van der Waals surface area contributed by atoms with Gasteiger partial charge in [-0.25, -0.2) is 4.68 Å². The number of aromatic nitrogens is 2. The van der Waals surface area contributed by atoms with Gasteiger partial charge < -0.3 is 5.32 Å². The number of nitro groups is 1. The van der Waals surface area contributed by atoms with Crippen molar-refractivity contribution in [3.05, 3.63) is 15.8 Å². The van der Waals surface area contributed by atoms with Crippen LogP contribution >= 0.6 is 11.8 Å². The molecule has 1 aromatic heterocycles. The molecule has 7 heteroatoms. The molecule has 0 saturated heterocycles. The van der Waals surface area contributed by atoms with E-state index in [0.29, 0.717) is 17.9 Å². The van der Waals surface area contributed by atoms with Gasteiger partial charge in [-0.05, 0) is 19.1 Å². The smallest absolute Gasteiger partial charge is 0.333 e. The van der Waals surface area contributed by atoms with Gasteiger partial charge in [0.2, 0.25) is 5.82 Å². The molecule has 0 aliphatic rings. The Balaban J connectivity index is 3.07. The van der Waals surface area contributed by atoms with Gasteiger partial charge in [-0.1, -0.05) is 20.3 Å². The second-order valence-electron chi connectivity index (χ2n) is 4.48. The van der Waals surface area contributed by atoms with Gasteiger partial charge in [0.25, 0.3) is 0 Å². The second kappa shape index (κ2) is 7.37. The van der Waals surface area contributed by atoms with Gasteiger partial charge in [-0.3, -0.25) is 10.1 Å². The molecule has 6 nitrogen and oxygen atoms in total. The summed E-state index contributed by atoms with van der Waals surface area (Å²) in [6.07, 6.45) is 4.43. The minimum Gasteiger partial charge on any atom is -0.361 e. The predicted molar refractivity (Wildman–Crippen MR) is 79.9 cm³/mol. The quantitative estimate of drug-likeness (QED) is 0.587. The average molecular weight is 286 g/mol. The van der Waals surface area contributed by atoms with E-state index in [1.165, 1.54) is 0 Å². The SMILES string of the molecule is CCCc1nn(C)c(NC(CC)CSC)c1[N+](=O)[O-]. The number of thioether (sulfide) groups is 1. The molecule has 108 valence electrons. The first-order valence-corrected chi connectivity index (χ1v) is 7.90. The molecule has 0 saturated carbocycles. The topological polar surface area (TPSA) is 73.0 Å². The number of hydrogen-bond acceptors (Lipinski definition) is 5. The van der Waals surface area contributed by atoms with Crippen LogP contribution in [0.4, 0.5) is 11.5 Å². The van der Waals surface area contributed by atoms with E-state index in [1.54, 1.807) is 23.5 Å². The van der Waals surface area contributed by atoms with Crippen molar-refractivity contribution in [3.63, 3.8) is 0 Å². The van der Waals surface area contributed by atoms with E-state index < -0.39 is 0 Å². The molecule has 1 aromatic rings. The molecule has 0 bridgehead atoms. The van der Waals surface area contributed by atoms with Gasteiger partial charge in [0.15, 0.2) is 0 Å². The molecule has 0 fully saturated rings. The number of anilines is 1. The maximum Gasteiger partial charge on any atom is 0.333 e. The first-order chi connectivity index (χ1) is 9.04. The Morgan fingerprint density at radius 1 is 1.53 bits per heavy atom. The monoisotopic (exact) mass is 286 g/mol. The Hall–Kier alpha value is -1.24. The normalized spacial score (nSPS) is 12.4. The highest BCUT2D eigenvalue weighted by Gasteiger charge is 2.27. The molecule has 1 unspecified atom stereocenters. The van der Waals surface area contributed by atoms with Crippen LogP contribution in [-0.2, 0) is 13.5 Å². The highest BCUT2D eigenvalue weighted by molar-refractivity contribution is 7.98. The molecule has 19 heavy (non-hydrogen) atoms. The first-order valence-electron chi connectivity index (χ1n) is 6.50. The summed E-state index contributed by atoms with van der Waals surface area (Å²) in [5, 5.41) is 18.8. The average Bonchev–Trinajstić information content (AvgIpc) is 2.65. The van der Waals surface area contributed by atoms with Crippen LogP contribution in [-0.4, -0.2) is 32.8 Å². The third kappa shape index (κ3) is 3.86. The van der Waals surface area contributed by atoms with E-state index in [1.807, 2.05) is 13.2 Å². The zero-order valence-electron chi connectivity index (χ0n) is 12.0. The van der Waals surface area contributed by atoms with E-state index >= 15 is 0 Å². The Bertz CT molecular complexity index is 434. The first kappa shape index (κ1) is 15.8. The van der Waals surface area contributed by atoms with E-state index in [0.717, 1.165) is 18.6 Å². The minimum atomic E-state index is -0.327. The van der Waals surface area contributed by atoms with Crippen LogP contribution in [0.1, 0.15) is 32.4 Å². The molecule has 1 heterocycles. The Morgan fingerprint density at radius 3 is 2.68 bits per heavy atom. The zero-order chi connectivity index (χ0) is 14.4. The van der Waals surface area contributed by atoms with Crippen molar-refractivity contribution in [2.75, 3.05) is 17.3 Å². The predicted octanol–water partition coefficient (Wildman–Crippen LogP) is 2.83. The number of nitrogens with zero attached hydrogens (tertiary/aromatic N) is 3. The number of hydrogen-bond donors (Lipinski definition) is 1. The maximum atomic E-state index is 11.3. The van der Waals surface area contributed by atoms with E-state index in [4.69, 9.17) is 0 Å². The van der Waals surface area contributed by atoms with Crippen LogP contribution in [0.2, 0.25) is 0 Å². The van der Waals surface area contributed by atoms with E-state index in [-0.39, 0.29) is 16.7 Å². The van der Waals surface area contributed by atoms with Crippen LogP contribution < -0.4 is 5.32 Å². The molecule has 0 aromatic carbocycles. The van der Waals surface area contributed by atoms with Crippen LogP contribution in [0.25, 0.3) is 0 Å². The fourth-order valence-corrected chi connectivity index (χ4v) is 2.70. The number of aryl methyl sites for hydroxylation is 2. The third-order valence-corrected chi connectivity index (χ3v) is 3.70. The maximum absolute atomic E-state index is 11.3. The van der Waals surface area contributed by atoms with Crippen LogP contribution in [0.15, 0.2) is 0 Å². The molecule has 0 spiro atoms. The summed E-state index contributed by atoms with van der Waals surface area (Å²) in [4.78, 5) is 10.9. The van der Waals surface area contributed by atoms with Crippen molar-refractivity contribution in [1.29, 1.82) is 0 Å². The lowest BCUT2D eigenvalue weighted by molar-refractivity contribution is -0.384. The van der Waals surface area contributed by atoms with E-state index in [9.17, 15) is 10.1 Å². The molecule has 1 atom stereocenters. The lowest BCUT2D eigenvalue weighted by Crippen LogP contribution is -2.23. The Kier molecular flexibility index (Phi) is 6.14. The molecular weight excluding hydrogens is 264 g/mol. The van der Waals surface area contributed by atoms with Gasteiger partial charge in [0.05, 0.1) is 4.92 Å². The standard InChI is InChI=1S/C12H22N4O2S/c1-5-7-10-11(16(17)18)12(15(3)14-10)13-9(6-2)8-19-4/h9,13H,5-8H2,1-4H3. The van der Waals surface area contributed by atoms with Gasteiger partial charge in [-0.2, -0.15) is 16.9 Å². The summed E-state index contributed by atoms with van der Waals surface area (Å²) in [5.74, 6) is 1.44. The van der Waals surface area contributed by atoms with Gasteiger partial charge in [-0.15, -0.1) is 0 Å². The van der Waals surface area contributed by atoms with Crippen LogP contribution in [0, 0.1) is 10.1 Å². The van der Waals surface area contributed by atoms with Crippen LogP contribution in [0.5, 0.6) is 0 Å². The fourth-order valence-electron chi connectivity index (χ4n) is 1.98. The van der Waals surface area contributed by atoms with Crippen molar-refractivity contribution >= 4 is 23.3 Å². The number of rotatable bonds is 8. The summed E-state index contributed by atoms with van der Waals surface area (Å²) < 4.78 is 1.59. The van der Waals surface area contributed by atoms with Gasteiger partial charge in [0, 0.05) is 18.8 Å². The molecule has 0 aliphatic heterocycles. The van der Waals surface area contributed by atoms with Crippen molar-refractivity contribution in [2.24, 2.45) is 7.05 Å². The van der Waals surface area contributed by atoms with Gasteiger partial charge in [0.1, 0.15) is 5.69 Å². The summed E-state index contributed by atoms with van der Waals surface area (Å²) >= 11 is 1.73. The fraction of sp³-hybridized carbons (Fsp3) is 0.750. The molecular formula is C12H22N4O2S.